The van der Waals surface area contributed by atoms with Gasteiger partial charge >= 0.3 is 8.38 Å². The van der Waals surface area contributed by atoms with E-state index in [2.05, 4.69) is 237 Å². The molecule has 0 spiro atoms. The third-order valence-electron chi connectivity index (χ3n) is 9.41. The molecule has 3 aromatic rings. The van der Waals surface area contributed by atoms with E-state index in [9.17, 15) is 0 Å². The highest BCUT2D eigenvalue weighted by Crippen LogP contribution is 2.47. The van der Waals surface area contributed by atoms with Crippen LogP contribution in [0.4, 0.5) is 0 Å². The predicted molar refractivity (Wildman–Crippen MR) is 322 cm³/mol. The van der Waals surface area contributed by atoms with E-state index in [4.69, 9.17) is 9.05 Å². The summed E-state index contributed by atoms with van der Waals surface area (Å²) in [6.07, 6.45) is 10.7. The molecule has 0 amide bonds. The minimum Gasteiger partial charge on any atom is -0.435 e. The number of aryl methyl sites for hydroxylation is 3. The van der Waals surface area contributed by atoms with Crippen LogP contribution in [0.5, 0.6) is 11.5 Å². The van der Waals surface area contributed by atoms with Gasteiger partial charge in [-0.15, -0.1) is 0 Å². The van der Waals surface area contributed by atoms with Crippen LogP contribution < -0.4 is 14.4 Å². The maximum Gasteiger partial charge on any atom is 0.326 e. The van der Waals surface area contributed by atoms with Crippen LogP contribution in [0.15, 0.2) is 91.6 Å². The molecule has 0 aromatic heterocycles. The van der Waals surface area contributed by atoms with E-state index in [1.807, 2.05) is 55.4 Å². The van der Waals surface area contributed by atoms with Crippen molar-refractivity contribution in [2.75, 3.05) is 13.7 Å². The highest BCUT2D eigenvalue weighted by Gasteiger charge is 2.30. The molecule has 0 saturated heterocycles. The lowest BCUT2D eigenvalue weighted by Crippen LogP contribution is -2.20. The summed E-state index contributed by atoms with van der Waals surface area (Å²) < 4.78 is 18.6. The Morgan fingerprint density at radius 3 is 1.22 bits per heavy atom. The van der Waals surface area contributed by atoms with Crippen LogP contribution in [0.2, 0.25) is 0 Å². The van der Waals surface area contributed by atoms with Crippen molar-refractivity contribution >= 4 is 19.3 Å². The SMILES string of the molecule is C/C=C\C(=C/C)c1ccc(P(Oc2cc(C)c(C)cc2C(C)(C)C)Oc2cc(C)c(C(C)(C)C)cc2C(C)(C)C)cc1.C=CC(=C)C.CC.CC.CC.CC(C)(C)C.CCCC(C)(C)C.CCOC. The smallest absolute Gasteiger partial charge is 0.326 e. The number of hydrogen-bond acceptors (Lipinski definition) is 3. The van der Waals surface area contributed by atoms with Gasteiger partial charge < -0.3 is 13.8 Å². The quantitative estimate of drug-likeness (QED) is 0.150. The second kappa shape index (κ2) is 37.4. The van der Waals surface area contributed by atoms with Gasteiger partial charge in [-0.1, -0.05) is 233 Å². The number of methoxy groups -OCH3 is 1. The first-order valence-corrected chi connectivity index (χ1v) is 27.4. The first-order valence-electron chi connectivity index (χ1n) is 26.2. The number of allylic oxidation sites excluding steroid dienone is 6. The molecule has 4 heteroatoms. The Morgan fingerprint density at radius 1 is 0.594 bits per heavy atom. The third-order valence-corrected chi connectivity index (χ3v) is 10.9. The lowest BCUT2D eigenvalue weighted by Gasteiger charge is -2.31. The van der Waals surface area contributed by atoms with Crippen molar-refractivity contribution in [2.45, 2.75) is 237 Å². The van der Waals surface area contributed by atoms with Crippen molar-refractivity contribution in [1.82, 2.24) is 0 Å². The second-order valence-electron chi connectivity index (χ2n) is 22.5. The molecule has 0 saturated carbocycles. The lowest BCUT2D eigenvalue weighted by molar-refractivity contribution is 0.215. The average Bonchev–Trinajstić information content (AvgIpc) is 3.24. The number of hydrogen-bond donors (Lipinski definition) is 0. The predicted octanol–water partition coefficient (Wildman–Crippen LogP) is 21.9. The first kappa shape index (κ1) is 74.6. The van der Waals surface area contributed by atoms with Gasteiger partial charge in [-0.2, -0.15) is 0 Å². The Bertz CT molecular complexity index is 1850. The van der Waals surface area contributed by atoms with Crippen molar-refractivity contribution < 1.29 is 13.8 Å². The summed E-state index contributed by atoms with van der Waals surface area (Å²) in [5, 5.41) is 1.04. The molecule has 0 aliphatic rings. The van der Waals surface area contributed by atoms with E-state index < -0.39 is 8.38 Å². The van der Waals surface area contributed by atoms with Crippen molar-refractivity contribution in [3.05, 3.63) is 131 Å². The van der Waals surface area contributed by atoms with Crippen molar-refractivity contribution in [1.29, 1.82) is 0 Å². The minimum atomic E-state index is -1.49. The van der Waals surface area contributed by atoms with Gasteiger partial charge in [0.2, 0.25) is 0 Å². The maximum atomic E-state index is 7.04. The lowest BCUT2D eigenvalue weighted by atomic mass is 9.78. The van der Waals surface area contributed by atoms with E-state index in [0.717, 1.165) is 29.0 Å². The summed E-state index contributed by atoms with van der Waals surface area (Å²) in [5.74, 6) is 1.79. The fourth-order valence-corrected chi connectivity index (χ4v) is 7.27. The molecule has 0 aliphatic carbocycles. The van der Waals surface area contributed by atoms with Gasteiger partial charge in [0.1, 0.15) is 11.5 Å². The zero-order chi connectivity index (χ0) is 55.7. The van der Waals surface area contributed by atoms with Gasteiger partial charge in [0.15, 0.2) is 0 Å². The summed E-state index contributed by atoms with van der Waals surface area (Å²) in [6.45, 7) is 72.5. The van der Waals surface area contributed by atoms with Gasteiger partial charge in [-0.3, -0.25) is 0 Å². The fourth-order valence-electron chi connectivity index (χ4n) is 5.97. The second-order valence-corrected chi connectivity index (χ2v) is 23.9. The zero-order valence-corrected chi connectivity index (χ0v) is 52.5. The Morgan fingerprint density at radius 2 is 0.942 bits per heavy atom. The van der Waals surface area contributed by atoms with Crippen LogP contribution in [0.1, 0.15) is 239 Å². The van der Waals surface area contributed by atoms with Crippen LogP contribution in [0.3, 0.4) is 0 Å². The number of ether oxygens (including phenoxy) is 1. The van der Waals surface area contributed by atoms with Crippen LogP contribution in [0, 0.1) is 31.6 Å². The summed E-state index contributed by atoms with van der Waals surface area (Å²) in [4.78, 5) is 0. The van der Waals surface area contributed by atoms with E-state index >= 15 is 0 Å². The molecule has 1 unspecified atom stereocenters. The topological polar surface area (TPSA) is 27.7 Å². The van der Waals surface area contributed by atoms with Crippen LogP contribution in [-0.2, 0) is 21.0 Å². The van der Waals surface area contributed by atoms with E-state index in [-0.39, 0.29) is 16.2 Å². The van der Waals surface area contributed by atoms with Crippen LogP contribution in [0.25, 0.3) is 5.57 Å². The molecule has 0 bridgehead atoms. The van der Waals surface area contributed by atoms with Gasteiger partial charge in [-0.05, 0) is 140 Å². The monoisotopic (exact) mass is 975 g/mol. The van der Waals surface area contributed by atoms with Gasteiger partial charge in [0.05, 0.1) is 5.30 Å². The maximum absolute atomic E-state index is 7.04. The van der Waals surface area contributed by atoms with Crippen LogP contribution in [-0.4, -0.2) is 13.7 Å². The summed E-state index contributed by atoms with van der Waals surface area (Å²) in [7, 11) is 0.192. The van der Waals surface area contributed by atoms with E-state index in [1.165, 1.54) is 57.4 Å². The Labute approximate surface area is 434 Å². The van der Waals surface area contributed by atoms with Gasteiger partial charge in [-0.25, -0.2) is 0 Å². The normalized spacial score (nSPS) is 11.7. The molecule has 69 heavy (non-hydrogen) atoms. The Balaban J connectivity index is -0.000000414. The molecular formula is C65H115O3P. The molecule has 1 atom stereocenters. The summed E-state index contributed by atoms with van der Waals surface area (Å²) in [6, 6.07) is 17.7. The first-order chi connectivity index (χ1) is 31.6. The molecular weight excluding hydrogens is 860 g/mol. The van der Waals surface area contributed by atoms with Crippen molar-refractivity contribution in [2.24, 2.45) is 10.8 Å². The third kappa shape index (κ3) is 35.4. The van der Waals surface area contributed by atoms with Gasteiger partial charge in [0, 0.05) is 24.8 Å². The highest BCUT2D eigenvalue weighted by molar-refractivity contribution is 7.56. The standard InChI is InChI=1S/C39H53O2P.C7H16.C5H12.C5H8.C3H8O.3C2H6/c1-15-17-29(16-2)30-18-20-31(21-19-30)42(40-35-23-27(4)26(3)22-33(35)38(9,10)11)41-36-24-28(5)32(37(6,7)8)25-34(36)39(12,13)14;1-5-6-7(2,3)4;1-5(2,3)4;1-4-5(2)3;1-3-4-2;3*1-2/h15-25H,1-14H3;5-6H2,1-4H3;1-4H3;4H,1-2H2,3H3;3H2,1-2H3;3*1-2H3/b17-15-,29-16+;;;;;;;. The molecule has 3 rings (SSSR count). The highest BCUT2D eigenvalue weighted by atomic mass is 31.2. The van der Waals surface area contributed by atoms with E-state index in [0.29, 0.717) is 10.8 Å². The molecule has 0 heterocycles. The zero-order valence-electron chi connectivity index (χ0n) is 51.6. The number of rotatable bonds is 10. The van der Waals surface area contributed by atoms with Gasteiger partial charge in [0.25, 0.3) is 0 Å². The summed E-state index contributed by atoms with van der Waals surface area (Å²) >= 11 is 0. The molecule has 3 nitrogen and oxygen atoms in total. The van der Waals surface area contributed by atoms with Crippen molar-refractivity contribution in [3.8, 4) is 11.5 Å². The van der Waals surface area contributed by atoms with Crippen molar-refractivity contribution in [3.63, 3.8) is 0 Å². The molecule has 398 valence electrons. The molecule has 0 aliphatic heterocycles. The summed E-state index contributed by atoms with van der Waals surface area (Å²) in [5.41, 5.74) is 11.8. The molecule has 3 aromatic carbocycles. The van der Waals surface area contributed by atoms with E-state index in [1.54, 1.807) is 13.2 Å². The molecule has 0 fully saturated rings. The molecule has 0 radical (unpaired) electrons. The van der Waals surface area contributed by atoms with Crippen LogP contribution >= 0.6 is 8.38 Å². The average molecular weight is 976 g/mol. The number of benzene rings is 3. The fraction of sp³-hybridized carbons (Fsp3) is 0.600. The Kier molecular flexibility index (Phi) is 40.4. The Hall–Kier alpha value is -3.39. The molecule has 0 N–H and O–H groups in total. The largest absolute Gasteiger partial charge is 0.435 e. The minimum absolute atomic E-state index is 0.0398.